The maximum atomic E-state index is 11.6. The van der Waals surface area contributed by atoms with Crippen molar-refractivity contribution in [1.29, 1.82) is 0 Å². The van der Waals surface area contributed by atoms with Gasteiger partial charge >= 0.3 is 5.97 Å². The maximum absolute atomic E-state index is 11.6. The number of hydrogen-bond acceptors (Lipinski definition) is 5. The van der Waals surface area contributed by atoms with Crippen LogP contribution in [0, 0.1) is 0 Å². The van der Waals surface area contributed by atoms with E-state index in [4.69, 9.17) is 14.4 Å². The lowest BCUT2D eigenvalue weighted by Crippen LogP contribution is -2.13. The lowest BCUT2D eigenvalue weighted by molar-refractivity contribution is 0.0526. The molecule has 1 N–H and O–H groups in total. The smallest absolute Gasteiger partial charge is 0.338 e. The van der Waals surface area contributed by atoms with Gasteiger partial charge in [-0.2, -0.15) is 0 Å². The third kappa shape index (κ3) is 4.38. The Labute approximate surface area is 102 Å². The zero-order chi connectivity index (χ0) is 12.7. The molecule has 0 radical (unpaired) electrons. The Balaban J connectivity index is 2.92. The predicted molar refractivity (Wildman–Crippen MR) is 65.7 cm³/mol. The highest BCUT2D eigenvalue weighted by atomic mass is 31.1. The fourth-order valence-corrected chi connectivity index (χ4v) is 1.90. The second-order valence-corrected chi connectivity index (χ2v) is 4.15. The molecule has 0 aliphatic rings. The van der Waals surface area contributed by atoms with Gasteiger partial charge in [0.2, 0.25) is 0 Å². The number of nitrogens with zero attached hydrogens (tertiary/aromatic N) is 1. The van der Waals surface area contributed by atoms with E-state index in [9.17, 15) is 4.79 Å². The summed E-state index contributed by atoms with van der Waals surface area (Å²) in [4.78, 5) is 15.7. The molecular formula is C11H16NO4P. The van der Waals surface area contributed by atoms with Crippen LogP contribution < -0.4 is 5.44 Å². The van der Waals surface area contributed by atoms with Crippen LogP contribution in [0.3, 0.4) is 0 Å². The molecule has 1 atom stereocenters. The quantitative estimate of drug-likeness (QED) is 0.608. The number of carbonyl (C=O) groups is 1. The maximum Gasteiger partial charge on any atom is 0.338 e. The summed E-state index contributed by atoms with van der Waals surface area (Å²) in [5.41, 5.74) is 1.48. The van der Waals surface area contributed by atoms with Crippen molar-refractivity contribution in [1.82, 2.24) is 4.98 Å². The molecule has 0 aliphatic heterocycles. The SMILES string of the molecule is CCOPc1cc(C(=O)OCC)cc(CO)n1. The molecule has 17 heavy (non-hydrogen) atoms. The molecule has 0 aromatic carbocycles. The number of carbonyl (C=O) groups excluding carboxylic acids is 1. The molecule has 1 aromatic heterocycles. The average molecular weight is 257 g/mol. The first-order valence-corrected chi connectivity index (χ1v) is 6.28. The molecule has 1 rings (SSSR count). The number of pyridine rings is 1. The summed E-state index contributed by atoms with van der Waals surface area (Å²) < 4.78 is 10.1. The van der Waals surface area contributed by atoms with Crippen molar-refractivity contribution >= 4 is 20.2 Å². The minimum absolute atomic E-state index is 0.0651. The van der Waals surface area contributed by atoms with Crippen molar-refractivity contribution in [3.05, 3.63) is 23.4 Å². The molecule has 5 nitrogen and oxygen atoms in total. The van der Waals surface area contributed by atoms with Crippen molar-refractivity contribution in [2.45, 2.75) is 20.5 Å². The summed E-state index contributed by atoms with van der Waals surface area (Å²) in [6.45, 7) is 4.32. The van der Waals surface area contributed by atoms with Crippen LogP contribution in [0.25, 0.3) is 0 Å². The van der Waals surface area contributed by atoms with Gasteiger partial charge in [-0.15, -0.1) is 0 Å². The Morgan fingerprint density at radius 1 is 1.41 bits per heavy atom. The summed E-state index contributed by atoms with van der Waals surface area (Å²) in [6.07, 6.45) is 0. The third-order valence-electron chi connectivity index (χ3n) is 1.87. The van der Waals surface area contributed by atoms with Crippen LogP contribution >= 0.6 is 8.81 Å². The highest BCUT2D eigenvalue weighted by molar-refractivity contribution is 7.41. The minimum Gasteiger partial charge on any atom is -0.462 e. The molecule has 0 aliphatic carbocycles. The molecule has 94 valence electrons. The minimum atomic E-state index is -0.410. The van der Waals surface area contributed by atoms with E-state index in [0.717, 1.165) is 0 Å². The zero-order valence-electron chi connectivity index (χ0n) is 9.90. The van der Waals surface area contributed by atoms with Gasteiger partial charge in [-0.25, -0.2) is 9.78 Å². The van der Waals surface area contributed by atoms with Gasteiger partial charge in [-0.3, -0.25) is 0 Å². The molecule has 6 heteroatoms. The molecule has 0 fully saturated rings. The summed E-state index contributed by atoms with van der Waals surface area (Å²) in [7, 11) is 0.0651. The topological polar surface area (TPSA) is 68.7 Å². The molecule has 0 spiro atoms. The number of aromatic nitrogens is 1. The first kappa shape index (κ1) is 14.0. The summed E-state index contributed by atoms with van der Waals surface area (Å²) >= 11 is 0. The van der Waals surface area contributed by atoms with Crippen molar-refractivity contribution in [3.8, 4) is 0 Å². The standard InChI is InChI=1S/C11H16NO4P/c1-3-15-11(14)8-5-9(7-13)12-10(6-8)17-16-4-2/h5-6,13,17H,3-4,7H2,1-2H3. The van der Waals surface area contributed by atoms with E-state index in [0.29, 0.717) is 29.9 Å². The number of aliphatic hydroxyl groups is 1. The second-order valence-electron chi connectivity index (χ2n) is 3.15. The molecule has 1 aromatic rings. The summed E-state index contributed by atoms with van der Waals surface area (Å²) in [5.74, 6) is -0.410. The fourth-order valence-electron chi connectivity index (χ4n) is 1.20. The summed E-state index contributed by atoms with van der Waals surface area (Å²) in [5, 5.41) is 9.07. The lowest BCUT2D eigenvalue weighted by atomic mass is 10.2. The average Bonchev–Trinajstić information content (AvgIpc) is 2.36. The van der Waals surface area contributed by atoms with Gasteiger partial charge in [0.25, 0.3) is 0 Å². The third-order valence-corrected chi connectivity index (χ3v) is 2.77. The highest BCUT2D eigenvalue weighted by Gasteiger charge is 2.10. The molecular weight excluding hydrogens is 241 g/mol. The number of aliphatic hydroxyl groups excluding tert-OH is 1. The molecule has 0 saturated heterocycles. The van der Waals surface area contributed by atoms with Crippen molar-refractivity contribution in [3.63, 3.8) is 0 Å². The number of rotatable bonds is 6. The van der Waals surface area contributed by atoms with Gasteiger partial charge in [0.1, 0.15) is 0 Å². The lowest BCUT2D eigenvalue weighted by Gasteiger charge is -2.07. The Morgan fingerprint density at radius 2 is 2.18 bits per heavy atom. The van der Waals surface area contributed by atoms with E-state index < -0.39 is 5.97 Å². The number of hydrogen-bond donors (Lipinski definition) is 1. The Bertz CT molecular complexity index is 384. The monoisotopic (exact) mass is 257 g/mol. The van der Waals surface area contributed by atoms with E-state index in [1.165, 1.54) is 6.07 Å². The van der Waals surface area contributed by atoms with Crippen LogP contribution in [0.2, 0.25) is 0 Å². The fraction of sp³-hybridized carbons (Fsp3) is 0.455. The van der Waals surface area contributed by atoms with Crippen LogP contribution in [0.4, 0.5) is 0 Å². The molecule has 1 heterocycles. The van der Waals surface area contributed by atoms with Gasteiger partial charge in [-0.1, -0.05) is 0 Å². The largest absolute Gasteiger partial charge is 0.462 e. The molecule has 1 unspecified atom stereocenters. The molecule has 0 bridgehead atoms. The van der Waals surface area contributed by atoms with E-state index in [1.807, 2.05) is 6.92 Å². The Morgan fingerprint density at radius 3 is 2.76 bits per heavy atom. The van der Waals surface area contributed by atoms with E-state index in [-0.39, 0.29) is 15.4 Å². The van der Waals surface area contributed by atoms with E-state index >= 15 is 0 Å². The van der Waals surface area contributed by atoms with E-state index in [2.05, 4.69) is 4.98 Å². The van der Waals surface area contributed by atoms with Gasteiger partial charge in [0, 0.05) is 6.61 Å². The van der Waals surface area contributed by atoms with Gasteiger partial charge in [0.05, 0.1) is 38.7 Å². The summed E-state index contributed by atoms with van der Waals surface area (Å²) in [6, 6.07) is 3.16. The molecule has 0 amide bonds. The van der Waals surface area contributed by atoms with Gasteiger partial charge in [-0.05, 0) is 26.0 Å². The van der Waals surface area contributed by atoms with Gasteiger partial charge < -0.3 is 14.4 Å². The highest BCUT2D eigenvalue weighted by Crippen LogP contribution is 2.13. The Kier molecular flexibility index (Phi) is 6.05. The zero-order valence-corrected chi connectivity index (χ0v) is 10.9. The van der Waals surface area contributed by atoms with E-state index in [1.54, 1.807) is 13.0 Å². The van der Waals surface area contributed by atoms with Crippen molar-refractivity contribution in [2.75, 3.05) is 13.2 Å². The first-order valence-electron chi connectivity index (χ1n) is 5.38. The second kappa shape index (κ2) is 7.33. The van der Waals surface area contributed by atoms with Crippen LogP contribution in [-0.2, 0) is 15.9 Å². The number of ether oxygens (including phenoxy) is 1. The van der Waals surface area contributed by atoms with Crippen molar-refractivity contribution in [2.24, 2.45) is 0 Å². The predicted octanol–water partition coefficient (Wildman–Crippen LogP) is 1.01. The van der Waals surface area contributed by atoms with Gasteiger partial charge in [0.15, 0.2) is 0 Å². The number of esters is 1. The Hall–Kier alpha value is -1.03. The molecule has 0 saturated carbocycles. The van der Waals surface area contributed by atoms with Crippen molar-refractivity contribution < 1.29 is 19.2 Å². The van der Waals surface area contributed by atoms with Crippen LogP contribution in [0.1, 0.15) is 29.9 Å². The normalized spacial score (nSPS) is 11.0. The van der Waals surface area contributed by atoms with Crippen LogP contribution in [0.5, 0.6) is 0 Å². The first-order chi connectivity index (χ1) is 8.21. The van der Waals surface area contributed by atoms with Crippen LogP contribution in [0.15, 0.2) is 12.1 Å². The van der Waals surface area contributed by atoms with Crippen LogP contribution in [-0.4, -0.2) is 29.3 Å².